The number of aromatic hydroxyl groups is 1. The molecular weight excluding hydrogens is 352 g/mol. The largest absolute Gasteiger partial charge is 0.507 e. The van der Waals surface area contributed by atoms with Gasteiger partial charge in [-0.3, -0.25) is 9.59 Å². The summed E-state index contributed by atoms with van der Waals surface area (Å²) >= 11 is 0. The molecule has 1 aliphatic rings. The van der Waals surface area contributed by atoms with Crippen molar-refractivity contribution in [2.24, 2.45) is 0 Å². The van der Waals surface area contributed by atoms with Crippen LogP contribution in [-0.4, -0.2) is 34.9 Å². The summed E-state index contributed by atoms with van der Waals surface area (Å²) < 4.78 is 0. The van der Waals surface area contributed by atoms with Crippen LogP contribution in [0.4, 0.5) is 0 Å². The Bertz CT molecular complexity index is 1020. The van der Waals surface area contributed by atoms with Crippen LogP contribution >= 0.6 is 0 Å². The van der Waals surface area contributed by atoms with Gasteiger partial charge in [-0.05, 0) is 53.4 Å². The fourth-order valence-corrected chi connectivity index (χ4v) is 3.56. The van der Waals surface area contributed by atoms with Crippen molar-refractivity contribution >= 4 is 22.6 Å². The number of amides is 2. The average Bonchev–Trinajstić information content (AvgIpc) is 3.26. The summed E-state index contributed by atoms with van der Waals surface area (Å²) in [6.45, 7) is 1.97. The summed E-state index contributed by atoms with van der Waals surface area (Å²) in [5.74, 6) is -0.308. The molecule has 0 aliphatic carbocycles. The molecule has 0 saturated carbocycles. The topological polar surface area (TPSA) is 69.6 Å². The maximum Gasteiger partial charge on any atom is 0.255 e. The number of nitrogens with one attached hydrogen (secondary N) is 1. The van der Waals surface area contributed by atoms with E-state index in [0.29, 0.717) is 12.1 Å². The highest BCUT2D eigenvalue weighted by molar-refractivity contribution is 6.01. The second kappa shape index (κ2) is 7.72. The molecule has 2 N–H and O–H groups in total. The molecule has 1 aliphatic heterocycles. The minimum absolute atomic E-state index is 0.0391. The molecule has 1 heterocycles. The van der Waals surface area contributed by atoms with Crippen LogP contribution in [0.25, 0.3) is 10.8 Å². The summed E-state index contributed by atoms with van der Waals surface area (Å²) in [5.41, 5.74) is 1.82. The molecule has 0 radical (unpaired) electrons. The van der Waals surface area contributed by atoms with E-state index in [1.165, 1.54) is 0 Å². The standard InChI is InChI=1S/C23H22N2O3/c26-21-14-19-6-2-1-5-18(19)13-20(21)22(27)24-15-16-7-9-17(10-8-16)23(28)25-11-3-4-12-25/h1-2,5-10,13-14,26H,3-4,11-12,15H2,(H,24,27). The van der Waals surface area contributed by atoms with E-state index in [2.05, 4.69) is 5.32 Å². The van der Waals surface area contributed by atoms with E-state index in [9.17, 15) is 14.7 Å². The Morgan fingerprint density at radius 2 is 1.57 bits per heavy atom. The zero-order valence-electron chi connectivity index (χ0n) is 15.5. The SMILES string of the molecule is O=C(NCc1ccc(C(=O)N2CCCC2)cc1)c1cc2ccccc2cc1O. The average molecular weight is 374 g/mol. The van der Waals surface area contributed by atoms with Gasteiger partial charge in [0.25, 0.3) is 11.8 Å². The summed E-state index contributed by atoms with van der Waals surface area (Å²) in [4.78, 5) is 26.8. The monoisotopic (exact) mass is 374 g/mol. The van der Waals surface area contributed by atoms with Crippen LogP contribution < -0.4 is 5.32 Å². The Hall–Kier alpha value is -3.34. The quantitative estimate of drug-likeness (QED) is 0.731. The second-order valence-electron chi connectivity index (χ2n) is 7.10. The molecular formula is C23H22N2O3. The van der Waals surface area contributed by atoms with Crippen molar-refractivity contribution in [3.8, 4) is 5.75 Å². The number of fused-ring (bicyclic) bond motifs is 1. The van der Waals surface area contributed by atoms with Gasteiger partial charge in [0.2, 0.25) is 0 Å². The van der Waals surface area contributed by atoms with Crippen molar-refractivity contribution in [1.29, 1.82) is 0 Å². The first-order valence-electron chi connectivity index (χ1n) is 9.50. The first kappa shape index (κ1) is 18.0. The van der Waals surface area contributed by atoms with Crippen LogP contribution in [0.2, 0.25) is 0 Å². The van der Waals surface area contributed by atoms with Crippen molar-refractivity contribution in [3.05, 3.63) is 77.4 Å². The number of nitrogens with zero attached hydrogens (tertiary/aromatic N) is 1. The van der Waals surface area contributed by atoms with Gasteiger partial charge in [0.1, 0.15) is 5.75 Å². The number of carbonyl (C=O) groups is 2. The number of rotatable bonds is 4. The number of phenols is 1. The maximum absolute atomic E-state index is 12.5. The zero-order valence-corrected chi connectivity index (χ0v) is 15.5. The Morgan fingerprint density at radius 1 is 0.929 bits per heavy atom. The van der Waals surface area contributed by atoms with Crippen LogP contribution in [0.1, 0.15) is 39.1 Å². The van der Waals surface area contributed by atoms with E-state index < -0.39 is 0 Å². The van der Waals surface area contributed by atoms with Crippen LogP contribution in [0.15, 0.2) is 60.7 Å². The second-order valence-corrected chi connectivity index (χ2v) is 7.10. The minimum Gasteiger partial charge on any atom is -0.507 e. The molecule has 3 aromatic rings. The van der Waals surface area contributed by atoms with Crippen molar-refractivity contribution in [3.63, 3.8) is 0 Å². The van der Waals surface area contributed by atoms with E-state index in [1.54, 1.807) is 24.3 Å². The molecule has 0 bridgehead atoms. The lowest BCUT2D eigenvalue weighted by Crippen LogP contribution is -2.27. The highest BCUT2D eigenvalue weighted by Gasteiger charge is 2.19. The molecule has 0 atom stereocenters. The third kappa shape index (κ3) is 3.69. The van der Waals surface area contributed by atoms with Gasteiger partial charge in [-0.2, -0.15) is 0 Å². The van der Waals surface area contributed by atoms with Crippen LogP contribution in [-0.2, 0) is 6.54 Å². The first-order chi connectivity index (χ1) is 13.6. The van der Waals surface area contributed by atoms with Crippen molar-refractivity contribution in [1.82, 2.24) is 10.2 Å². The van der Waals surface area contributed by atoms with Gasteiger partial charge in [-0.15, -0.1) is 0 Å². The Morgan fingerprint density at radius 3 is 2.25 bits per heavy atom. The predicted octanol–water partition coefficient (Wildman–Crippen LogP) is 3.71. The number of hydrogen-bond acceptors (Lipinski definition) is 3. The van der Waals surface area contributed by atoms with Gasteiger partial charge < -0.3 is 15.3 Å². The number of likely N-dealkylation sites (tertiary alicyclic amines) is 1. The zero-order chi connectivity index (χ0) is 19.5. The molecule has 4 rings (SSSR count). The molecule has 28 heavy (non-hydrogen) atoms. The highest BCUT2D eigenvalue weighted by Crippen LogP contribution is 2.25. The maximum atomic E-state index is 12.5. The Balaban J connectivity index is 1.42. The third-order valence-electron chi connectivity index (χ3n) is 5.16. The molecule has 142 valence electrons. The fourth-order valence-electron chi connectivity index (χ4n) is 3.56. The first-order valence-corrected chi connectivity index (χ1v) is 9.50. The van der Waals surface area contributed by atoms with E-state index >= 15 is 0 Å². The summed E-state index contributed by atoms with van der Waals surface area (Å²) in [6, 6.07) is 18.2. The minimum atomic E-state index is -0.333. The Labute approximate surface area is 163 Å². The lowest BCUT2D eigenvalue weighted by Gasteiger charge is -2.15. The lowest BCUT2D eigenvalue weighted by molar-refractivity contribution is 0.0792. The van der Waals surface area contributed by atoms with Gasteiger partial charge in [0, 0.05) is 25.2 Å². The van der Waals surface area contributed by atoms with Crippen LogP contribution in [0.5, 0.6) is 5.75 Å². The number of hydrogen-bond donors (Lipinski definition) is 2. The van der Waals surface area contributed by atoms with Gasteiger partial charge in [0.15, 0.2) is 0 Å². The van der Waals surface area contributed by atoms with E-state index in [1.807, 2.05) is 41.3 Å². The highest BCUT2D eigenvalue weighted by atomic mass is 16.3. The van der Waals surface area contributed by atoms with E-state index in [0.717, 1.165) is 42.3 Å². The normalized spacial score (nSPS) is 13.6. The summed E-state index contributed by atoms with van der Waals surface area (Å²) in [5, 5.41) is 14.8. The van der Waals surface area contributed by atoms with Gasteiger partial charge in [-0.25, -0.2) is 0 Å². The van der Waals surface area contributed by atoms with Gasteiger partial charge in [0.05, 0.1) is 5.56 Å². The number of carbonyl (C=O) groups excluding carboxylic acids is 2. The third-order valence-corrected chi connectivity index (χ3v) is 5.16. The van der Waals surface area contributed by atoms with Crippen molar-refractivity contribution in [2.45, 2.75) is 19.4 Å². The van der Waals surface area contributed by atoms with Gasteiger partial charge in [-0.1, -0.05) is 36.4 Å². The molecule has 0 spiro atoms. The summed E-state index contributed by atoms with van der Waals surface area (Å²) in [6.07, 6.45) is 2.13. The van der Waals surface area contributed by atoms with Crippen molar-refractivity contribution < 1.29 is 14.7 Å². The number of benzene rings is 3. The van der Waals surface area contributed by atoms with Crippen LogP contribution in [0.3, 0.4) is 0 Å². The van der Waals surface area contributed by atoms with Crippen LogP contribution in [0, 0.1) is 0 Å². The molecule has 1 fully saturated rings. The number of phenolic OH excluding ortho intramolecular Hbond substituents is 1. The molecule has 3 aromatic carbocycles. The summed E-state index contributed by atoms with van der Waals surface area (Å²) in [7, 11) is 0. The molecule has 0 aromatic heterocycles. The van der Waals surface area contributed by atoms with E-state index in [-0.39, 0.29) is 23.1 Å². The van der Waals surface area contributed by atoms with E-state index in [4.69, 9.17) is 0 Å². The lowest BCUT2D eigenvalue weighted by atomic mass is 10.1. The smallest absolute Gasteiger partial charge is 0.255 e. The van der Waals surface area contributed by atoms with Crippen molar-refractivity contribution in [2.75, 3.05) is 13.1 Å². The Kier molecular flexibility index (Phi) is 4.98. The molecule has 0 unspecified atom stereocenters. The molecule has 1 saturated heterocycles. The molecule has 5 nitrogen and oxygen atoms in total. The van der Waals surface area contributed by atoms with Gasteiger partial charge >= 0.3 is 0 Å². The predicted molar refractivity (Wildman–Crippen MR) is 108 cm³/mol. The fraction of sp³-hybridized carbons (Fsp3) is 0.217. The molecule has 2 amide bonds. The molecule has 5 heteroatoms.